The van der Waals surface area contributed by atoms with Crippen LogP contribution in [0.5, 0.6) is 28.7 Å². The highest BCUT2D eigenvalue weighted by Gasteiger charge is 2.12. The highest BCUT2D eigenvalue weighted by molar-refractivity contribution is 5.89. The number of carboxylic acid groups (broad SMARTS) is 1. The van der Waals surface area contributed by atoms with Crippen molar-refractivity contribution >= 4 is 16.9 Å². The number of aromatic carboxylic acids is 1. The molecule has 4 aromatic rings. The third kappa shape index (κ3) is 4.51. The van der Waals surface area contributed by atoms with Crippen molar-refractivity contribution in [1.82, 2.24) is 0 Å². The van der Waals surface area contributed by atoms with Gasteiger partial charge >= 0.3 is 5.97 Å². The highest BCUT2D eigenvalue weighted by atomic mass is 16.4. The lowest BCUT2D eigenvalue weighted by Gasteiger charge is -2.04. The Morgan fingerprint density at radius 2 is 1.39 bits per heavy atom. The Morgan fingerprint density at radius 3 is 1.97 bits per heavy atom. The summed E-state index contributed by atoms with van der Waals surface area (Å²) in [4.78, 5) is 22.3. The zero-order chi connectivity index (χ0) is 22.7. The van der Waals surface area contributed by atoms with Gasteiger partial charge in [0, 0.05) is 23.8 Å². The molecule has 0 fully saturated rings. The molecule has 9 heteroatoms. The molecular weight excluding hydrogens is 408 g/mol. The van der Waals surface area contributed by atoms with Crippen molar-refractivity contribution in [3.8, 4) is 40.1 Å². The maximum Gasteiger partial charge on any atom is 0.335 e. The first kappa shape index (κ1) is 21.1. The fourth-order valence-corrected chi connectivity index (χ4v) is 2.73. The molecule has 158 valence electrons. The number of rotatable bonds is 2. The summed E-state index contributed by atoms with van der Waals surface area (Å²) in [5.74, 6) is -3.38. The second-order valence-corrected chi connectivity index (χ2v) is 6.35. The van der Waals surface area contributed by atoms with Crippen LogP contribution in [0, 0.1) is 0 Å². The van der Waals surface area contributed by atoms with Crippen LogP contribution < -0.4 is 5.43 Å². The molecule has 6 N–H and O–H groups in total. The first-order chi connectivity index (χ1) is 14.7. The topological polar surface area (TPSA) is 169 Å². The number of carboxylic acids is 1. The lowest BCUT2D eigenvalue weighted by molar-refractivity contribution is 0.0696. The zero-order valence-electron chi connectivity index (χ0n) is 15.7. The summed E-state index contributed by atoms with van der Waals surface area (Å²) in [6.07, 6.45) is 0. The fraction of sp³-hybridized carbons (Fsp3) is 0. The summed E-state index contributed by atoms with van der Waals surface area (Å²) >= 11 is 0. The van der Waals surface area contributed by atoms with Crippen molar-refractivity contribution in [2.75, 3.05) is 0 Å². The summed E-state index contributed by atoms with van der Waals surface area (Å²) in [5, 5.41) is 54.1. The van der Waals surface area contributed by atoms with Gasteiger partial charge in [0.05, 0.1) is 5.56 Å². The Morgan fingerprint density at radius 1 is 0.774 bits per heavy atom. The maximum absolute atomic E-state index is 12.0. The Hall–Kier alpha value is -4.66. The normalized spacial score (nSPS) is 10.3. The Balaban J connectivity index is 0.000000196. The van der Waals surface area contributed by atoms with Crippen LogP contribution >= 0.6 is 0 Å². The van der Waals surface area contributed by atoms with E-state index in [1.807, 2.05) is 30.3 Å². The van der Waals surface area contributed by atoms with Gasteiger partial charge in [-0.25, -0.2) is 4.79 Å². The summed E-state index contributed by atoms with van der Waals surface area (Å²) in [5.41, 5.74) is 0.272. The summed E-state index contributed by atoms with van der Waals surface area (Å²) in [7, 11) is 0. The number of phenols is 5. The lowest BCUT2D eigenvalue weighted by atomic mass is 10.1. The summed E-state index contributed by atoms with van der Waals surface area (Å²) < 4.78 is 5.57. The van der Waals surface area contributed by atoms with E-state index in [-0.39, 0.29) is 33.5 Å². The Bertz CT molecular complexity index is 1300. The molecule has 0 amide bonds. The molecule has 4 rings (SSSR count). The van der Waals surface area contributed by atoms with E-state index in [0.717, 1.165) is 23.8 Å². The molecule has 9 nitrogen and oxygen atoms in total. The number of hydrogen-bond acceptors (Lipinski definition) is 8. The summed E-state index contributed by atoms with van der Waals surface area (Å²) in [6, 6.07) is 14.6. The molecule has 0 aliphatic rings. The van der Waals surface area contributed by atoms with Gasteiger partial charge < -0.3 is 35.1 Å². The lowest BCUT2D eigenvalue weighted by Crippen LogP contribution is -2.00. The van der Waals surface area contributed by atoms with Gasteiger partial charge in [0.1, 0.15) is 28.2 Å². The molecule has 0 unspecified atom stereocenters. The third-order valence-electron chi connectivity index (χ3n) is 4.17. The molecule has 0 radical (unpaired) electrons. The van der Waals surface area contributed by atoms with Gasteiger partial charge in [0.25, 0.3) is 0 Å². The quantitative estimate of drug-likeness (QED) is 0.264. The standard InChI is InChI=1S/C15H10O4.C7H6O5/c16-10-6-11(17)15-12(18)8-13(19-14(15)7-10)9-4-2-1-3-5-9;8-4-1-3(7(11)12)2-5(9)6(4)10/h1-8,16-17H;1-2,8-10H,(H,11,12). The number of aromatic hydroxyl groups is 5. The van der Waals surface area contributed by atoms with Crippen LogP contribution in [0.2, 0.25) is 0 Å². The zero-order valence-corrected chi connectivity index (χ0v) is 15.7. The second kappa shape index (κ2) is 8.37. The highest BCUT2D eigenvalue weighted by Crippen LogP contribution is 2.35. The molecule has 1 aromatic heterocycles. The van der Waals surface area contributed by atoms with E-state index < -0.39 is 23.2 Å². The molecule has 0 spiro atoms. The fourth-order valence-electron chi connectivity index (χ4n) is 2.73. The van der Waals surface area contributed by atoms with E-state index in [2.05, 4.69) is 0 Å². The van der Waals surface area contributed by atoms with Crippen LogP contribution in [-0.2, 0) is 0 Å². The van der Waals surface area contributed by atoms with E-state index in [4.69, 9.17) is 24.8 Å². The minimum absolute atomic E-state index is 0.0671. The number of phenolic OH excluding ortho intramolecular Hbond substituents is 5. The average Bonchev–Trinajstić information content (AvgIpc) is 2.71. The first-order valence-electron chi connectivity index (χ1n) is 8.71. The van der Waals surface area contributed by atoms with Crippen molar-refractivity contribution in [3.05, 3.63) is 76.5 Å². The second-order valence-electron chi connectivity index (χ2n) is 6.35. The van der Waals surface area contributed by atoms with Crippen molar-refractivity contribution in [3.63, 3.8) is 0 Å². The van der Waals surface area contributed by atoms with E-state index >= 15 is 0 Å². The average molecular weight is 424 g/mol. The molecule has 0 bridgehead atoms. The minimum Gasteiger partial charge on any atom is -0.508 e. The van der Waals surface area contributed by atoms with Crippen molar-refractivity contribution in [1.29, 1.82) is 0 Å². The molecule has 3 aromatic carbocycles. The van der Waals surface area contributed by atoms with Crippen LogP contribution in [0.4, 0.5) is 0 Å². The Kier molecular flexibility index (Phi) is 5.69. The monoisotopic (exact) mass is 424 g/mol. The smallest absolute Gasteiger partial charge is 0.335 e. The van der Waals surface area contributed by atoms with Gasteiger partial charge in [-0.1, -0.05) is 30.3 Å². The third-order valence-corrected chi connectivity index (χ3v) is 4.17. The molecule has 0 saturated carbocycles. The molecule has 0 atom stereocenters. The van der Waals surface area contributed by atoms with Gasteiger partial charge in [-0.15, -0.1) is 0 Å². The van der Waals surface area contributed by atoms with E-state index in [1.54, 1.807) is 0 Å². The van der Waals surface area contributed by atoms with Crippen molar-refractivity contribution in [2.45, 2.75) is 0 Å². The number of carbonyl (C=O) groups is 1. The molecule has 31 heavy (non-hydrogen) atoms. The van der Waals surface area contributed by atoms with Crippen LogP contribution in [0.25, 0.3) is 22.3 Å². The number of fused-ring (bicyclic) bond motifs is 1. The SMILES string of the molecule is O=C(O)c1cc(O)c(O)c(O)c1.O=c1cc(-c2ccccc2)oc2cc(O)cc(O)c12. The largest absolute Gasteiger partial charge is 0.508 e. The number of hydrogen-bond donors (Lipinski definition) is 6. The predicted molar refractivity (Wildman–Crippen MR) is 110 cm³/mol. The predicted octanol–water partition coefficient (Wildman–Crippen LogP) is 3.37. The number of benzene rings is 3. The van der Waals surface area contributed by atoms with Crippen LogP contribution in [-0.4, -0.2) is 36.6 Å². The van der Waals surface area contributed by atoms with Crippen molar-refractivity contribution in [2.24, 2.45) is 0 Å². The molecule has 0 saturated heterocycles. The van der Waals surface area contributed by atoms with E-state index in [1.165, 1.54) is 12.1 Å². The molecular formula is C22H16O9. The minimum atomic E-state index is -1.29. The van der Waals surface area contributed by atoms with Crippen molar-refractivity contribution < 1.29 is 39.9 Å². The molecule has 0 aliphatic heterocycles. The van der Waals surface area contributed by atoms with Gasteiger partial charge in [-0.2, -0.15) is 0 Å². The van der Waals surface area contributed by atoms with Gasteiger partial charge in [-0.05, 0) is 12.1 Å². The van der Waals surface area contributed by atoms with Gasteiger partial charge in [-0.3, -0.25) is 4.79 Å². The van der Waals surface area contributed by atoms with Gasteiger partial charge in [0.15, 0.2) is 22.7 Å². The first-order valence-corrected chi connectivity index (χ1v) is 8.71. The maximum atomic E-state index is 12.0. The Labute approximate surface area is 173 Å². The van der Waals surface area contributed by atoms with Gasteiger partial charge in [0.2, 0.25) is 0 Å². The van der Waals surface area contributed by atoms with Crippen LogP contribution in [0.3, 0.4) is 0 Å². The van der Waals surface area contributed by atoms with Crippen LogP contribution in [0.1, 0.15) is 10.4 Å². The van der Waals surface area contributed by atoms with Crippen LogP contribution in [0.15, 0.2) is 69.9 Å². The molecule has 1 heterocycles. The molecule has 0 aliphatic carbocycles. The van der Waals surface area contributed by atoms with E-state index in [9.17, 15) is 19.8 Å². The summed E-state index contributed by atoms with van der Waals surface area (Å²) in [6.45, 7) is 0. The van der Waals surface area contributed by atoms with E-state index in [0.29, 0.717) is 5.76 Å².